The molecule has 1 aliphatic rings. The summed E-state index contributed by atoms with van der Waals surface area (Å²) in [4.78, 5) is 15.5. The van der Waals surface area contributed by atoms with Gasteiger partial charge < -0.3 is 4.90 Å². The van der Waals surface area contributed by atoms with Gasteiger partial charge in [-0.15, -0.1) is 0 Å². The van der Waals surface area contributed by atoms with Gasteiger partial charge in [0.05, 0.1) is 0 Å². The minimum absolute atomic E-state index is 0.152. The van der Waals surface area contributed by atoms with Crippen molar-refractivity contribution in [1.29, 1.82) is 0 Å². The highest BCUT2D eigenvalue weighted by Gasteiger charge is 2.16. The van der Waals surface area contributed by atoms with Gasteiger partial charge in [0.2, 0.25) is 5.91 Å². The van der Waals surface area contributed by atoms with Gasteiger partial charge in [-0.2, -0.15) is 0 Å². The van der Waals surface area contributed by atoms with Crippen LogP contribution in [-0.4, -0.2) is 41.9 Å². The topological polar surface area (TPSA) is 23.6 Å². The van der Waals surface area contributed by atoms with E-state index in [1.807, 2.05) is 17.0 Å². The van der Waals surface area contributed by atoms with Crippen molar-refractivity contribution in [3.05, 3.63) is 35.6 Å². The van der Waals surface area contributed by atoms with E-state index in [-0.39, 0.29) is 11.7 Å². The number of nitrogens with zero attached hydrogens (tertiary/aromatic N) is 2. The lowest BCUT2D eigenvalue weighted by Gasteiger charge is -2.21. The smallest absolute Gasteiger partial charge is 0.219 e. The molecule has 1 aromatic carbocycles. The van der Waals surface area contributed by atoms with Crippen LogP contribution >= 0.6 is 0 Å². The van der Waals surface area contributed by atoms with Crippen LogP contribution in [0, 0.1) is 5.82 Å². The standard InChI is InChI=1S/C14H19FN2O/c1-12(18)17-8-2-7-16(9-10-17)11-13-3-5-14(15)6-4-13/h3-6H,2,7-11H2,1H3. The van der Waals surface area contributed by atoms with E-state index in [1.54, 1.807) is 6.92 Å². The Morgan fingerprint density at radius 2 is 1.89 bits per heavy atom. The first kappa shape index (κ1) is 13.0. The van der Waals surface area contributed by atoms with Gasteiger partial charge in [0.15, 0.2) is 0 Å². The van der Waals surface area contributed by atoms with E-state index in [4.69, 9.17) is 0 Å². The van der Waals surface area contributed by atoms with Crippen LogP contribution in [0.4, 0.5) is 4.39 Å². The maximum absolute atomic E-state index is 12.8. The molecule has 0 N–H and O–H groups in total. The Hall–Kier alpha value is -1.42. The van der Waals surface area contributed by atoms with Crippen molar-refractivity contribution in [1.82, 2.24) is 9.80 Å². The Balaban J connectivity index is 1.90. The molecule has 0 unspecified atom stereocenters. The molecular weight excluding hydrogens is 231 g/mol. The van der Waals surface area contributed by atoms with Crippen molar-refractivity contribution < 1.29 is 9.18 Å². The number of benzene rings is 1. The summed E-state index contributed by atoms with van der Waals surface area (Å²) >= 11 is 0. The summed E-state index contributed by atoms with van der Waals surface area (Å²) in [6.45, 7) is 5.95. The molecule has 0 spiro atoms. The lowest BCUT2D eigenvalue weighted by atomic mass is 10.2. The second-order valence-corrected chi connectivity index (χ2v) is 4.76. The summed E-state index contributed by atoms with van der Waals surface area (Å²) in [5.74, 6) is -0.0454. The number of carbonyl (C=O) groups is 1. The number of rotatable bonds is 2. The molecule has 0 saturated carbocycles. The van der Waals surface area contributed by atoms with Crippen molar-refractivity contribution >= 4 is 5.91 Å². The van der Waals surface area contributed by atoms with E-state index in [9.17, 15) is 9.18 Å². The number of hydrogen-bond acceptors (Lipinski definition) is 2. The number of carbonyl (C=O) groups excluding carboxylic acids is 1. The van der Waals surface area contributed by atoms with Crippen LogP contribution < -0.4 is 0 Å². The van der Waals surface area contributed by atoms with E-state index in [0.717, 1.165) is 44.7 Å². The minimum atomic E-state index is -0.197. The molecule has 0 radical (unpaired) electrons. The van der Waals surface area contributed by atoms with E-state index in [1.165, 1.54) is 12.1 Å². The normalized spacial score (nSPS) is 17.6. The highest BCUT2D eigenvalue weighted by atomic mass is 19.1. The fourth-order valence-corrected chi connectivity index (χ4v) is 2.29. The van der Waals surface area contributed by atoms with Gasteiger partial charge in [-0.3, -0.25) is 9.69 Å². The van der Waals surface area contributed by atoms with Gasteiger partial charge in [-0.25, -0.2) is 4.39 Å². The highest BCUT2D eigenvalue weighted by Crippen LogP contribution is 2.10. The molecule has 18 heavy (non-hydrogen) atoms. The molecule has 3 nitrogen and oxygen atoms in total. The largest absolute Gasteiger partial charge is 0.342 e. The first-order chi connectivity index (χ1) is 8.65. The Morgan fingerprint density at radius 3 is 2.56 bits per heavy atom. The van der Waals surface area contributed by atoms with Crippen molar-refractivity contribution in [3.63, 3.8) is 0 Å². The van der Waals surface area contributed by atoms with Gasteiger partial charge >= 0.3 is 0 Å². The lowest BCUT2D eigenvalue weighted by molar-refractivity contribution is -0.128. The predicted octanol–water partition coefficient (Wildman–Crippen LogP) is 1.88. The predicted molar refractivity (Wildman–Crippen MR) is 68.5 cm³/mol. The van der Waals surface area contributed by atoms with Crippen LogP contribution in [-0.2, 0) is 11.3 Å². The SMILES string of the molecule is CC(=O)N1CCCN(Cc2ccc(F)cc2)CC1. The lowest BCUT2D eigenvalue weighted by Crippen LogP contribution is -2.33. The zero-order valence-electron chi connectivity index (χ0n) is 10.7. The van der Waals surface area contributed by atoms with Gasteiger partial charge in [-0.05, 0) is 24.1 Å². The molecule has 0 aliphatic carbocycles. The Labute approximate surface area is 107 Å². The van der Waals surface area contributed by atoms with E-state index < -0.39 is 0 Å². The third-order valence-electron chi connectivity index (χ3n) is 3.35. The molecule has 0 atom stereocenters. The Bertz CT molecular complexity index is 405. The van der Waals surface area contributed by atoms with E-state index >= 15 is 0 Å². The van der Waals surface area contributed by atoms with Crippen molar-refractivity contribution in [3.8, 4) is 0 Å². The minimum Gasteiger partial charge on any atom is -0.342 e. The molecule has 2 rings (SSSR count). The first-order valence-corrected chi connectivity index (χ1v) is 6.37. The van der Waals surface area contributed by atoms with Gasteiger partial charge in [0.1, 0.15) is 5.82 Å². The molecule has 1 heterocycles. The molecule has 1 amide bonds. The summed E-state index contributed by atoms with van der Waals surface area (Å²) in [6.07, 6.45) is 1.00. The Morgan fingerprint density at radius 1 is 1.17 bits per heavy atom. The molecule has 0 aromatic heterocycles. The van der Waals surface area contributed by atoms with Crippen LogP contribution in [0.25, 0.3) is 0 Å². The van der Waals surface area contributed by atoms with Gasteiger partial charge in [-0.1, -0.05) is 12.1 Å². The van der Waals surface area contributed by atoms with Crippen molar-refractivity contribution in [2.45, 2.75) is 19.9 Å². The highest BCUT2D eigenvalue weighted by molar-refractivity contribution is 5.73. The van der Waals surface area contributed by atoms with Crippen molar-refractivity contribution in [2.24, 2.45) is 0 Å². The van der Waals surface area contributed by atoms with Crippen LogP contribution in [0.2, 0.25) is 0 Å². The third-order valence-corrected chi connectivity index (χ3v) is 3.35. The summed E-state index contributed by atoms with van der Waals surface area (Å²) in [5.41, 5.74) is 1.12. The summed E-state index contributed by atoms with van der Waals surface area (Å²) in [7, 11) is 0. The molecule has 1 aliphatic heterocycles. The summed E-state index contributed by atoms with van der Waals surface area (Å²) in [6, 6.07) is 6.63. The Kier molecular flexibility index (Phi) is 4.31. The quantitative estimate of drug-likeness (QED) is 0.800. The van der Waals surface area contributed by atoms with Gasteiger partial charge in [0.25, 0.3) is 0 Å². The number of halogens is 1. The molecule has 98 valence electrons. The monoisotopic (exact) mass is 250 g/mol. The van der Waals surface area contributed by atoms with Crippen LogP contribution in [0.5, 0.6) is 0 Å². The fraction of sp³-hybridized carbons (Fsp3) is 0.500. The van der Waals surface area contributed by atoms with Crippen LogP contribution in [0.3, 0.4) is 0 Å². The maximum atomic E-state index is 12.8. The maximum Gasteiger partial charge on any atom is 0.219 e. The average Bonchev–Trinajstić information content (AvgIpc) is 2.58. The number of amides is 1. The zero-order valence-corrected chi connectivity index (χ0v) is 10.7. The van der Waals surface area contributed by atoms with E-state index in [0.29, 0.717) is 0 Å². The molecule has 1 fully saturated rings. The van der Waals surface area contributed by atoms with E-state index in [2.05, 4.69) is 4.90 Å². The molecule has 1 aromatic rings. The van der Waals surface area contributed by atoms with Crippen LogP contribution in [0.15, 0.2) is 24.3 Å². The molecule has 4 heteroatoms. The van der Waals surface area contributed by atoms with Crippen molar-refractivity contribution in [2.75, 3.05) is 26.2 Å². The second-order valence-electron chi connectivity index (χ2n) is 4.76. The average molecular weight is 250 g/mol. The zero-order chi connectivity index (χ0) is 13.0. The first-order valence-electron chi connectivity index (χ1n) is 6.37. The number of hydrogen-bond donors (Lipinski definition) is 0. The summed E-state index contributed by atoms with van der Waals surface area (Å²) < 4.78 is 12.8. The van der Waals surface area contributed by atoms with Gasteiger partial charge in [0, 0.05) is 39.6 Å². The van der Waals surface area contributed by atoms with Crippen LogP contribution in [0.1, 0.15) is 18.9 Å². The molecule has 0 bridgehead atoms. The fourth-order valence-electron chi connectivity index (χ4n) is 2.29. The second kappa shape index (κ2) is 5.96. The summed E-state index contributed by atoms with van der Waals surface area (Å²) in [5, 5.41) is 0. The molecular formula is C14H19FN2O. The third kappa shape index (κ3) is 3.53. The molecule has 1 saturated heterocycles.